The van der Waals surface area contributed by atoms with Gasteiger partial charge in [0.25, 0.3) is 5.89 Å². The average molecular weight is 366 g/mol. The lowest BCUT2D eigenvalue weighted by Crippen LogP contribution is -2.42. The van der Waals surface area contributed by atoms with E-state index in [9.17, 15) is 5.11 Å². The second kappa shape index (κ2) is 7.75. The van der Waals surface area contributed by atoms with Crippen molar-refractivity contribution < 1.29 is 14.4 Å². The smallest absolute Gasteiger partial charge is 0.259 e. The third-order valence-corrected chi connectivity index (χ3v) is 4.90. The lowest BCUT2D eigenvalue weighted by molar-refractivity contribution is 0.239. The maximum absolute atomic E-state index is 9.59. The highest BCUT2D eigenvalue weighted by molar-refractivity contribution is 5.61. The van der Waals surface area contributed by atoms with Crippen LogP contribution < -0.4 is 9.64 Å². The van der Waals surface area contributed by atoms with Gasteiger partial charge in [0.15, 0.2) is 0 Å². The minimum Gasteiger partial charge on any atom is -0.497 e. The molecule has 1 aliphatic rings. The number of hydrogen-bond donors (Lipinski definition) is 1. The Morgan fingerprint density at radius 1 is 1.15 bits per heavy atom. The average Bonchev–Trinajstić information content (AvgIpc) is 3.24. The zero-order chi connectivity index (χ0) is 18.6. The van der Waals surface area contributed by atoms with Crippen molar-refractivity contribution in [2.45, 2.75) is 25.3 Å². The van der Waals surface area contributed by atoms with Gasteiger partial charge in [-0.15, -0.1) is 0 Å². The summed E-state index contributed by atoms with van der Waals surface area (Å²) in [4.78, 5) is 11.2. The first-order chi connectivity index (χ1) is 13.3. The Hall–Kier alpha value is -2.93. The molecule has 0 spiro atoms. The van der Waals surface area contributed by atoms with Crippen LogP contribution in [0.2, 0.25) is 0 Å². The maximum Gasteiger partial charge on any atom is 0.259 e. The zero-order valence-electron chi connectivity index (χ0n) is 15.2. The summed E-state index contributed by atoms with van der Waals surface area (Å²) in [6, 6.07) is 11.5. The van der Waals surface area contributed by atoms with Crippen molar-refractivity contribution in [3.05, 3.63) is 42.6 Å². The molecule has 1 saturated heterocycles. The van der Waals surface area contributed by atoms with Gasteiger partial charge >= 0.3 is 0 Å². The van der Waals surface area contributed by atoms with E-state index in [2.05, 4.69) is 20.0 Å². The SMILES string of the molecule is COc1ccc(-c2noc(-c3ccc(N4CCCC[C@H]4CO)nc3)n2)cc1. The van der Waals surface area contributed by atoms with Crippen LogP contribution in [0.4, 0.5) is 5.82 Å². The molecule has 0 unspecified atom stereocenters. The van der Waals surface area contributed by atoms with Crippen molar-refractivity contribution in [1.29, 1.82) is 0 Å². The van der Waals surface area contributed by atoms with E-state index in [4.69, 9.17) is 9.26 Å². The van der Waals surface area contributed by atoms with Crippen LogP contribution in [0.25, 0.3) is 22.8 Å². The lowest BCUT2D eigenvalue weighted by Gasteiger charge is -2.35. The molecule has 7 heteroatoms. The first kappa shape index (κ1) is 17.5. The quantitative estimate of drug-likeness (QED) is 0.742. The van der Waals surface area contributed by atoms with E-state index in [0.29, 0.717) is 11.7 Å². The number of aliphatic hydroxyl groups excluding tert-OH is 1. The molecule has 4 rings (SSSR count). The Bertz CT molecular complexity index is 877. The van der Waals surface area contributed by atoms with E-state index in [1.165, 1.54) is 0 Å². The number of rotatable bonds is 5. The fourth-order valence-electron chi connectivity index (χ4n) is 3.37. The second-order valence-electron chi connectivity index (χ2n) is 6.58. The number of ether oxygens (including phenoxy) is 1. The molecule has 0 bridgehead atoms. The number of aliphatic hydroxyl groups is 1. The van der Waals surface area contributed by atoms with Gasteiger partial charge in [-0.05, 0) is 55.7 Å². The predicted molar refractivity (Wildman–Crippen MR) is 102 cm³/mol. The van der Waals surface area contributed by atoms with Gasteiger partial charge in [0.1, 0.15) is 11.6 Å². The molecule has 1 atom stereocenters. The van der Waals surface area contributed by atoms with Gasteiger partial charge in [0.05, 0.1) is 25.3 Å². The molecule has 0 radical (unpaired) electrons. The van der Waals surface area contributed by atoms with Crippen molar-refractivity contribution in [3.63, 3.8) is 0 Å². The van der Waals surface area contributed by atoms with E-state index in [-0.39, 0.29) is 12.6 Å². The summed E-state index contributed by atoms with van der Waals surface area (Å²) in [7, 11) is 1.63. The largest absolute Gasteiger partial charge is 0.497 e. The summed E-state index contributed by atoms with van der Waals surface area (Å²) in [5, 5.41) is 13.6. The molecule has 0 saturated carbocycles. The molecule has 1 aliphatic heterocycles. The summed E-state index contributed by atoms with van der Waals surface area (Å²) < 4.78 is 10.6. The Balaban J connectivity index is 1.53. The van der Waals surface area contributed by atoms with Crippen LogP contribution in [-0.4, -0.2) is 46.5 Å². The summed E-state index contributed by atoms with van der Waals surface area (Å²) >= 11 is 0. The van der Waals surface area contributed by atoms with Gasteiger partial charge in [-0.2, -0.15) is 4.98 Å². The molecule has 0 aliphatic carbocycles. The number of pyridine rings is 1. The number of benzene rings is 1. The summed E-state index contributed by atoms with van der Waals surface area (Å²) in [6.07, 6.45) is 5.00. The molecule has 7 nitrogen and oxygen atoms in total. The third kappa shape index (κ3) is 3.64. The van der Waals surface area contributed by atoms with Gasteiger partial charge in [0.2, 0.25) is 5.82 Å². The Labute approximate surface area is 157 Å². The number of nitrogens with zero attached hydrogens (tertiary/aromatic N) is 4. The molecular weight excluding hydrogens is 344 g/mol. The molecule has 140 valence electrons. The first-order valence-electron chi connectivity index (χ1n) is 9.10. The summed E-state index contributed by atoms with van der Waals surface area (Å²) in [5.41, 5.74) is 1.62. The standard InChI is InChI=1S/C20H22N4O3/c1-26-17-8-5-14(6-9-17)19-22-20(27-23-19)15-7-10-18(21-12-15)24-11-3-2-4-16(24)13-25/h5-10,12,16,25H,2-4,11,13H2,1H3/t16-/m0/s1. The highest BCUT2D eigenvalue weighted by Gasteiger charge is 2.23. The molecule has 3 aromatic rings. The number of hydrogen-bond acceptors (Lipinski definition) is 7. The van der Waals surface area contributed by atoms with Gasteiger partial charge in [-0.1, -0.05) is 5.16 Å². The number of anilines is 1. The second-order valence-corrected chi connectivity index (χ2v) is 6.58. The van der Waals surface area contributed by atoms with Crippen LogP contribution in [0.15, 0.2) is 47.1 Å². The first-order valence-corrected chi connectivity index (χ1v) is 9.10. The van der Waals surface area contributed by atoms with E-state index in [0.717, 1.165) is 48.5 Å². The lowest BCUT2D eigenvalue weighted by atomic mass is 10.0. The molecule has 2 aromatic heterocycles. The monoisotopic (exact) mass is 366 g/mol. The maximum atomic E-state index is 9.59. The van der Waals surface area contributed by atoms with Gasteiger partial charge in [-0.3, -0.25) is 0 Å². The highest BCUT2D eigenvalue weighted by atomic mass is 16.5. The summed E-state index contributed by atoms with van der Waals surface area (Å²) in [5.74, 6) is 2.60. The van der Waals surface area contributed by atoms with Gasteiger partial charge in [-0.25, -0.2) is 4.98 Å². The number of aromatic nitrogens is 3. The predicted octanol–water partition coefficient (Wildman–Crippen LogP) is 3.16. The zero-order valence-corrected chi connectivity index (χ0v) is 15.2. The molecule has 3 heterocycles. The van der Waals surface area contributed by atoms with Crippen LogP contribution in [0.3, 0.4) is 0 Å². The van der Waals surface area contributed by atoms with Gasteiger partial charge < -0.3 is 19.3 Å². The molecule has 0 amide bonds. The van der Waals surface area contributed by atoms with Crippen LogP contribution >= 0.6 is 0 Å². The van der Waals surface area contributed by atoms with Crippen LogP contribution in [0, 0.1) is 0 Å². The Morgan fingerprint density at radius 2 is 1.96 bits per heavy atom. The highest BCUT2D eigenvalue weighted by Crippen LogP contribution is 2.27. The van der Waals surface area contributed by atoms with Crippen LogP contribution in [0.5, 0.6) is 5.75 Å². The van der Waals surface area contributed by atoms with Crippen molar-refractivity contribution in [1.82, 2.24) is 15.1 Å². The van der Waals surface area contributed by atoms with Crippen molar-refractivity contribution in [3.8, 4) is 28.6 Å². The minimum absolute atomic E-state index is 0.141. The molecule has 1 N–H and O–H groups in total. The Kier molecular flexibility index (Phi) is 5.02. The van der Waals surface area contributed by atoms with Crippen molar-refractivity contribution >= 4 is 5.82 Å². The number of piperidine rings is 1. The normalized spacial score (nSPS) is 17.1. The molecule has 1 aromatic carbocycles. The third-order valence-electron chi connectivity index (χ3n) is 4.90. The molecule has 27 heavy (non-hydrogen) atoms. The molecular formula is C20H22N4O3. The fraction of sp³-hybridized carbons (Fsp3) is 0.350. The van der Waals surface area contributed by atoms with E-state index in [1.807, 2.05) is 36.4 Å². The van der Waals surface area contributed by atoms with Crippen LogP contribution in [-0.2, 0) is 0 Å². The summed E-state index contributed by atoms with van der Waals surface area (Å²) in [6.45, 7) is 1.07. The molecule has 1 fully saturated rings. The van der Waals surface area contributed by atoms with E-state index in [1.54, 1.807) is 13.3 Å². The van der Waals surface area contributed by atoms with E-state index < -0.39 is 0 Å². The Morgan fingerprint density at radius 3 is 2.67 bits per heavy atom. The van der Waals surface area contributed by atoms with Crippen molar-refractivity contribution in [2.75, 3.05) is 25.2 Å². The topological polar surface area (TPSA) is 84.5 Å². The van der Waals surface area contributed by atoms with E-state index >= 15 is 0 Å². The van der Waals surface area contributed by atoms with Gasteiger partial charge in [0, 0.05) is 18.3 Å². The van der Waals surface area contributed by atoms with Crippen LogP contribution in [0.1, 0.15) is 19.3 Å². The minimum atomic E-state index is 0.141. The van der Waals surface area contributed by atoms with Crippen molar-refractivity contribution in [2.24, 2.45) is 0 Å². The fourth-order valence-corrected chi connectivity index (χ4v) is 3.37. The number of methoxy groups -OCH3 is 1.